The molecule has 0 aromatic heterocycles. The molecule has 4 heteroatoms. The second-order valence-corrected chi connectivity index (χ2v) is 4.27. The van der Waals surface area contributed by atoms with Crippen LogP contribution in [0, 0.1) is 10.8 Å². The molecule has 0 bridgehead atoms. The number of hydrogen-bond donors (Lipinski definition) is 2. The molecule has 0 unspecified atom stereocenters. The van der Waals surface area contributed by atoms with Gasteiger partial charge >= 0.3 is 0 Å². The fourth-order valence-electron chi connectivity index (χ4n) is 1.41. The molecule has 4 nitrogen and oxygen atoms in total. The summed E-state index contributed by atoms with van der Waals surface area (Å²) in [4.78, 5) is 1.60. The molecule has 1 rings (SSSR count). The van der Waals surface area contributed by atoms with E-state index >= 15 is 0 Å². The maximum atomic E-state index is 7.66. The van der Waals surface area contributed by atoms with Crippen molar-refractivity contribution in [3.05, 3.63) is 29.8 Å². The molecular weight excluding hydrogens is 214 g/mol. The van der Waals surface area contributed by atoms with Crippen LogP contribution in [0.5, 0.6) is 0 Å². The van der Waals surface area contributed by atoms with Gasteiger partial charge in [0.05, 0.1) is 0 Å². The van der Waals surface area contributed by atoms with E-state index in [1.54, 1.807) is 11.9 Å². The molecule has 0 amide bonds. The lowest BCUT2D eigenvalue weighted by Gasteiger charge is -2.19. The summed E-state index contributed by atoms with van der Waals surface area (Å²) in [5, 5.41) is 14.8. The molecule has 0 aliphatic heterocycles. The largest absolute Gasteiger partial charge is 0.412 e. The van der Waals surface area contributed by atoms with Crippen LogP contribution in [-0.4, -0.2) is 19.0 Å². The highest BCUT2D eigenvalue weighted by Gasteiger charge is 2.09. The highest BCUT2D eigenvalue weighted by atomic mass is 16.5. The Kier molecular flexibility index (Phi) is 4.26. The van der Waals surface area contributed by atoms with Crippen molar-refractivity contribution in [2.45, 2.75) is 26.7 Å². The number of hydrogen-bond acceptors (Lipinski definition) is 3. The predicted molar refractivity (Wildman–Crippen MR) is 71.1 cm³/mol. The Hall–Kier alpha value is -1.84. The second-order valence-electron chi connectivity index (χ2n) is 4.27. The van der Waals surface area contributed by atoms with Crippen LogP contribution in [0.3, 0.4) is 0 Å². The molecule has 0 fully saturated rings. The van der Waals surface area contributed by atoms with Crippen LogP contribution in [0.4, 0.5) is 5.69 Å². The van der Waals surface area contributed by atoms with Crippen molar-refractivity contribution in [1.82, 2.24) is 0 Å². The first kappa shape index (κ1) is 13.2. The van der Waals surface area contributed by atoms with Gasteiger partial charge < -0.3 is 4.74 Å². The Morgan fingerprint density at radius 3 is 2.12 bits per heavy atom. The maximum Gasteiger partial charge on any atom is 0.295 e. The summed E-state index contributed by atoms with van der Waals surface area (Å²) >= 11 is 0. The van der Waals surface area contributed by atoms with Crippen molar-refractivity contribution in [3.63, 3.8) is 0 Å². The van der Waals surface area contributed by atoms with Crippen LogP contribution in [-0.2, 0) is 4.74 Å². The van der Waals surface area contributed by atoms with Crippen LogP contribution < -0.4 is 4.90 Å². The van der Waals surface area contributed by atoms with Gasteiger partial charge in [0, 0.05) is 19.7 Å². The molecule has 2 N–H and O–H groups in total. The average Bonchev–Trinajstić information content (AvgIpc) is 2.27. The van der Waals surface area contributed by atoms with Gasteiger partial charge in [0.25, 0.3) is 6.02 Å². The molecule has 92 valence electrons. The number of ether oxygens (including phenoxy) is 1. The van der Waals surface area contributed by atoms with Crippen molar-refractivity contribution in [1.29, 1.82) is 10.8 Å². The van der Waals surface area contributed by atoms with E-state index in [0.29, 0.717) is 5.92 Å². The van der Waals surface area contributed by atoms with Gasteiger partial charge in [-0.05, 0) is 23.6 Å². The van der Waals surface area contributed by atoms with E-state index in [4.69, 9.17) is 15.6 Å². The zero-order chi connectivity index (χ0) is 13.0. The van der Waals surface area contributed by atoms with E-state index in [9.17, 15) is 0 Å². The van der Waals surface area contributed by atoms with Gasteiger partial charge in [-0.25, -0.2) is 0 Å². The van der Waals surface area contributed by atoms with E-state index in [1.807, 2.05) is 24.3 Å². The SMILES string of the molecule is CC(=N)OC(=N)N(C)c1ccc(C(C)C)cc1. The average molecular weight is 233 g/mol. The number of benzene rings is 1. The van der Waals surface area contributed by atoms with E-state index in [0.717, 1.165) is 5.69 Å². The van der Waals surface area contributed by atoms with E-state index in [-0.39, 0.29) is 11.9 Å². The molecule has 0 radical (unpaired) electrons. The fraction of sp³-hybridized carbons (Fsp3) is 0.385. The number of nitrogens with zero attached hydrogens (tertiary/aromatic N) is 1. The van der Waals surface area contributed by atoms with E-state index in [1.165, 1.54) is 12.5 Å². The molecule has 1 aromatic carbocycles. The van der Waals surface area contributed by atoms with Crippen molar-refractivity contribution >= 4 is 17.6 Å². The van der Waals surface area contributed by atoms with Gasteiger partial charge in [-0.2, -0.15) is 0 Å². The Balaban J connectivity index is 2.79. The molecule has 0 heterocycles. The highest BCUT2D eigenvalue weighted by molar-refractivity contribution is 5.95. The Morgan fingerprint density at radius 2 is 1.71 bits per heavy atom. The van der Waals surface area contributed by atoms with E-state index < -0.39 is 0 Å². The third kappa shape index (κ3) is 3.59. The van der Waals surface area contributed by atoms with Gasteiger partial charge in [0.15, 0.2) is 5.90 Å². The van der Waals surface area contributed by atoms with Crippen LogP contribution in [0.15, 0.2) is 24.3 Å². The van der Waals surface area contributed by atoms with Crippen molar-refractivity contribution in [3.8, 4) is 0 Å². The molecular formula is C13H19N3O. The molecule has 1 aromatic rings. The summed E-state index contributed by atoms with van der Waals surface area (Å²) < 4.78 is 4.94. The molecule has 17 heavy (non-hydrogen) atoms. The Labute approximate surface area is 102 Å². The lowest BCUT2D eigenvalue weighted by Crippen LogP contribution is -2.29. The second kappa shape index (κ2) is 5.48. The Bertz CT molecular complexity index is 409. The summed E-state index contributed by atoms with van der Waals surface area (Å²) in [6.07, 6.45) is 0. The standard InChI is InChI=1S/C13H19N3O/c1-9(2)11-5-7-12(8-6-11)16(4)13(15)17-10(3)14/h5-9,14-15H,1-4H3. The first-order chi connectivity index (χ1) is 7.91. The summed E-state index contributed by atoms with van der Waals surface area (Å²) in [7, 11) is 1.75. The van der Waals surface area contributed by atoms with Crippen LogP contribution in [0.1, 0.15) is 32.3 Å². The van der Waals surface area contributed by atoms with Gasteiger partial charge in [-0.15, -0.1) is 0 Å². The predicted octanol–water partition coefficient (Wildman–Crippen LogP) is 3.19. The molecule has 0 spiro atoms. The Morgan fingerprint density at radius 1 is 1.18 bits per heavy atom. The van der Waals surface area contributed by atoms with Crippen LogP contribution >= 0.6 is 0 Å². The van der Waals surface area contributed by atoms with Crippen molar-refractivity contribution in [2.24, 2.45) is 0 Å². The zero-order valence-electron chi connectivity index (χ0n) is 10.7. The number of anilines is 1. The molecule has 0 saturated heterocycles. The quantitative estimate of drug-likeness (QED) is 0.608. The van der Waals surface area contributed by atoms with Crippen LogP contribution in [0.25, 0.3) is 0 Å². The third-order valence-electron chi connectivity index (χ3n) is 2.50. The van der Waals surface area contributed by atoms with Gasteiger partial charge in [-0.3, -0.25) is 15.7 Å². The van der Waals surface area contributed by atoms with Crippen molar-refractivity contribution in [2.75, 3.05) is 11.9 Å². The number of rotatable bonds is 2. The van der Waals surface area contributed by atoms with Gasteiger partial charge in [0.1, 0.15) is 0 Å². The van der Waals surface area contributed by atoms with Gasteiger partial charge in [-0.1, -0.05) is 26.0 Å². The van der Waals surface area contributed by atoms with Crippen molar-refractivity contribution < 1.29 is 4.74 Å². The first-order valence-electron chi connectivity index (χ1n) is 5.57. The lowest BCUT2D eigenvalue weighted by molar-refractivity contribution is 0.516. The summed E-state index contributed by atoms with van der Waals surface area (Å²) in [6.45, 7) is 5.79. The first-order valence-corrected chi connectivity index (χ1v) is 5.57. The summed E-state index contributed by atoms with van der Waals surface area (Å²) in [5.74, 6) is 0.509. The zero-order valence-corrected chi connectivity index (χ0v) is 10.7. The highest BCUT2D eigenvalue weighted by Crippen LogP contribution is 2.19. The minimum atomic E-state index is -0.0465. The summed E-state index contributed by atoms with van der Waals surface area (Å²) in [5.41, 5.74) is 2.14. The minimum Gasteiger partial charge on any atom is -0.412 e. The number of amidine groups is 1. The van der Waals surface area contributed by atoms with Crippen LogP contribution in [0.2, 0.25) is 0 Å². The molecule has 0 aliphatic rings. The molecule has 0 atom stereocenters. The summed E-state index contributed by atoms with van der Waals surface area (Å²) in [6, 6.07) is 7.94. The minimum absolute atomic E-state index is 0.0145. The fourth-order valence-corrected chi connectivity index (χ4v) is 1.41. The number of nitrogens with one attached hydrogen (secondary N) is 2. The lowest BCUT2D eigenvalue weighted by atomic mass is 10.0. The topological polar surface area (TPSA) is 60.2 Å². The van der Waals surface area contributed by atoms with Gasteiger partial charge in [0.2, 0.25) is 0 Å². The maximum absolute atomic E-state index is 7.66. The normalized spacial score (nSPS) is 10.2. The monoisotopic (exact) mass is 233 g/mol. The third-order valence-corrected chi connectivity index (χ3v) is 2.50. The molecule has 0 saturated carbocycles. The molecule has 0 aliphatic carbocycles. The smallest absolute Gasteiger partial charge is 0.295 e. The van der Waals surface area contributed by atoms with E-state index in [2.05, 4.69) is 13.8 Å².